The Kier molecular flexibility index (Phi) is 4.66. The van der Waals surface area contributed by atoms with E-state index in [-0.39, 0.29) is 5.91 Å². The van der Waals surface area contributed by atoms with Gasteiger partial charge in [0.1, 0.15) is 0 Å². The molecule has 0 spiro atoms. The van der Waals surface area contributed by atoms with E-state index in [4.69, 9.17) is 5.73 Å². The number of hydrogen-bond donors (Lipinski definition) is 2. The van der Waals surface area contributed by atoms with Gasteiger partial charge in [0.15, 0.2) is 0 Å². The summed E-state index contributed by atoms with van der Waals surface area (Å²) >= 11 is 0. The van der Waals surface area contributed by atoms with Gasteiger partial charge in [-0.25, -0.2) is 0 Å². The Hall–Kier alpha value is -2.37. The maximum atomic E-state index is 12.5. The molecule has 2 aromatic carbocycles. The van der Waals surface area contributed by atoms with Crippen molar-refractivity contribution < 1.29 is 4.79 Å². The molecule has 4 rings (SSSR count). The third-order valence-corrected chi connectivity index (χ3v) is 5.43. The highest BCUT2D eigenvalue weighted by Gasteiger charge is 2.34. The standard InChI is InChI=1S/C21H26N4O/c1-24-10-12-25(13-11-24)18-8-4-16(5-9-18)21(26)23-17-6-2-15(3-7-17)19-14-20(19)22/h2-9,19-20H,10-14,22H2,1H3,(H,23,26)/t19-,20+/m0/s1. The first-order valence-corrected chi connectivity index (χ1v) is 9.30. The van der Waals surface area contributed by atoms with Crippen molar-refractivity contribution in [1.29, 1.82) is 0 Å². The summed E-state index contributed by atoms with van der Waals surface area (Å²) in [5.74, 6) is 0.410. The quantitative estimate of drug-likeness (QED) is 0.889. The molecule has 0 unspecified atom stereocenters. The zero-order chi connectivity index (χ0) is 18.1. The van der Waals surface area contributed by atoms with Crippen molar-refractivity contribution in [3.63, 3.8) is 0 Å². The van der Waals surface area contributed by atoms with Crippen LogP contribution in [0.4, 0.5) is 11.4 Å². The van der Waals surface area contributed by atoms with E-state index >= 15 is 0 Å². The first-order chi connectivity index (χ1) is 12.6. The second-order valence-corrected chi connectivity index (χ2v) is 7.42. The van der Waals surface area contributed by atoms with E-state index in [1.54, 1.807) is 0 Å². The molecule has 2 aliphatic rings. The largest absolute Gasteiger partial charge is 0.369 e. The molecule has 2 aromatic rings. The molecule has 2 atom stereocenters. The molecule has 2 fully saturated rings. The molecule has 26 heavy (non-hydrogen) atoms. The van der Waals surface area contributed by atoms with Gasteiger partial charge in [-0.05, 0) is 55.4 Å². The van der Waals surface area contributed by atoms with Crippen LogP contribution in [0.5, 0.6) is 0 Å². The van der Waals surface area contributed by atoms with E-state index in [1.165, 1.54) is 11.3 Å². The lowest BCUT2D eigenvalue weighted by molar-refractivity contribution is 0.102. The number of nitrogens with one attached hydrogen (secondary N) is 1. The number of nitrogens with zero attached hydrogens (tertiary/aromatic N) is 2. The predicted octanol–water partition coefficient (Wildman–Crippen LogP) is 2.51. The molecule has 1 saturated carbocycles. The van der Waals surface area contributed by atoms with E-state index in [0.29, 0.717) is 17.5 Å². The summed E-state index contributed by atoms with van der Waals surface area (Å²) in [6.07, 6.45) is 1.06. The molecular formula is C21H26N4O. The van der Waals surface area contributed by atoms with Gasteiger partial charge in [-0.1, -0.05) is 12.1 Å². The summed E-state index contributed by atoms with van der Waals surface area (Å²) in [6.45, 7) is 4.20. The number of rotatable bonds is 4. The number of amides is 1. The highest BCUT2D eigenvalue weighted by Crippen LogP contribution is 2.39. The molecule has 1 saturated heterocycles. The van der Waals surface area contributed by atoms with Gasteiger partial charge in [-0.2, -0.15) is 0 Å². The summed E-state index contributed by atoms with van der Waals surface area (Å²) in [5, 5.41) is 2.97. The van der Waals surface area contributed by atoms with Crippen molar-refractivity contribution >= 4 is 17.3 Å². The highest BCUT2D eigenvalue weighted by atomic mass is 16.1. The molecule has 5 heteroatoms. The van der Waals surface area contributed by atoms with E-state index < -0.39 is 0 Å². The average molecular weight is 350 g/mol. The monoisotopic (exact) mass is 350 g/mol. The summed E-state index contributed by atoms with van der Waals surface area (Å²) < 4.78 is 0. The zero-order valence-electron chi connectivity index (χ0n) is 15.2. The van der Waals surface area contributed by atoms with Crippen molar-refractivity contribution in [2.24, 2.45) is 5.73 Å². The van der Waals surface area contributed by atoms with Crippen LogP contribution in [0.2, 0.25) is 0 Å². The summed E-state index contributed by atoms with van der Waals surface area (Å²) in [5.41, 5.74) is 9.82. The fourth-order valence-corrected chi connectivity index (χ4v) is 3.50. The minimum atomic E-state index is -0.0780. The molecule has 0 bridgehead atoms. The van der Waals surface area contributed by atoms with Crippen LogP contribution >= 0.6 is 0 Å². The van der Waals surface area contributed by atoms with E-state index in [1.807, 2.05) is 36.4 Å². The maximum Gasteiger partial charge on any atom is 0.255 e. The Labute approximate surface area is 154 Å². The fraction of sp³-hybridized carbons (Fsp3) is 0.381. The molecule has 1 aliphatic carbocycles. The molecule has 0 radical (unpaired) electrons. The van der Waals surface area contributed by atoms with Gasteiger partial charge in [-0.15, -0.1) is 0 Å². The van der Waals surface area contributed by atoms with E-state index in [9.17, 15) is 4.79 Å². The van der Waals surface area contributed by atoms with Crippen LogP contribution in [0, 0.1) is 0 Å². The molecule has 136 valence electrons. The molecule has 5 nitrogen and oxygen atoms in total. The summed E-state index contributed by atoms with van der Waals surface area (Å²) in [7, 11) is 2.15. The van der Waals surface area contributed by atoms with Crippen molar-refractivity contribution in [3.05, 3.63) is 59.7 Å². The number of anilines is 2. The first-order valence-electron chi connectivity index (χ1n) is 9.30. The van der Waals surface area contributed by atoms with Gasteiger partial charge in [0.25, 0.3) is 5.91 Å². The van der Waals surface area contributed by atoms with Crippen LogP contribution in [0.3, 0.4) is 0 Å². The number of carbonyl (C=O) groups excluding carboxylic acids is 1. The van der Waals surface area contributed by atoms with Gasteiger partial charge in [0, 0.05) is 55.1 Å². The average Bonchev–Trinajstić information content (AvgIpc) is 3.40. The van der Waals surface area contributed by atoms with Gasteiger partial charge >= 0.3 is 0 Å². The van der Waals surface area contributed by atoms with Crippen LogP contribution in [0.15, 0.2) is 48.5 Å². The molecule has 3 N–H and O–H groups in total. The Bertz CT molecular complexity index is 764. The topological polar surface area (TPSA) is 61.6 Å². The zero-order valence-corrected chi connectivity index (χ0v) is 15.2. The second-order valence-electron chi connectivity index (χ2n) is 7.42. The van der Waals surface area contributed by atoms with E-state index in [0.717, 1.165) is 38.3 Å². The SMILES string of the molecule is CN1CCN(c2ccc(C(=O)Nc3ccc([C@@H]4C[C@H]4N)cc3)cc2)CC1. The smallest absolute Gasteiger partial charge is 0.255 e. The van der Waals surface area contributed by atoms with Crippen LogP contribution in [-0.4, -0.2) is 50.1 Å². The number of hydrogen-bond acceptors (Lipinski definition) is 4. The fourth-order valence-electron chi connectivity index (χ4n) is 3.50. The van der Waals surface area contributed by atoms with Crippen LogP contribution < -0.4 is 16.0 Å². The lowest BCUT2D eigenvalue weighted by atomic mass is 10.1. The Morgan fingerprint density at radius 1 is 1.00 bits per heavy atom. The minimum absolute atomic E-state index is 0.0780. The van der Waals surface area contributed by atoms with Crippen molar-refractivity contribution in [2.75, 3.05) is 43.4 Å². The van der Waals surface area contributed by atoms with Gasteiger partial charge in [0.05, 0.1) is 0 Å². The minimum Gasteiger partial charge on any atom is -0.369 e. The normalized spacial score (nSPS) is 22.9. The third-order valence-electron chi connectivity index (χ3n) is 5.43. The highest BCUT2D eigenvalue weighted by molar-refractivity contribution is 6.04. The van der Waals surface area contributed by atoms with Gasteiger partial charge < -0.3 is 20.9 Å². The van der Waals surface area contributed by atoms with Crippen LogP contribution in [0.1, 0.15) is 28.3 Å². The van der Waals surface area contributed by atoms with Crippen molar-refractivity contribution in [3.8, 4) is 0 Å². The first kappa shape index (κ1) is 17.1. The van der Waals surface area contributed by atoms with Crippen molar-refractivity contribution in [2.45, 2.75) is 18.4 Å². The van der Waals surface area contributed by atoms with Gasteiger partial charge in [-0.3, -0.25) is 4.79 Å². The van der Waals surface area contributed by atoms with Crippen molar-refractivity contribution in [1.82, 2.24) is 4.90 Å². The summed E-state index contributed by atoms with van der Waals surface area (Å²) in [4.78, 5) is 17.2. The molecule has 0 aromatic heterocycles. The lowest BCUT2D eigenvalue weighted by Gasteiger charge is -2.34. The van der Waals surface area contributed by atoms with E-state index in [2.05, 4.69) is 34.3 Å². The number of carbonyl (C=O) groups is 1. The Morgan fingerprint density at radius 3 is 2.19 bits per heavy atom. The predicted molar refractivity (Wildman–Crippen MR) is 106 cm³/mol. The number of piperazine rings is 1. The molecule has 1 amide bonds. The number of likely N-dealkylation sites (N-methyl/N-ethyl adjacent to an activating group) is 1. The number of benzene rings is 2. The Balaban J connectivity index is 1.37. The second kappa shape index (κ2) is 7.09. The van der Waals surface area contributed by atoms with Gasteiger partial charge in [0.2, 0.25) is 0 Å². The lowest BCUT2D eigenvalue weighted by Crippen LogP contribution is -2.44. The summed E-state index contributed by atoms with van der Waals surface area (Å²) in [6, 6.07) is 16.2. The molecule has 1 heterocycles. The van der Waals surface area contributed by atoms with Crippen LogP contribution in [-0.2, 0) is 0 Å². The third kappa shape index (κ3) is 3.74. The Morgan fingerprint density at radius 2 is 1.62 bits per heavy atom. The number of nitrogens with two attached hydrogens (primary N) is 1. The molecular weight excluding hydrogens is 324 g/mol. The maximum absolute atomic E-state index is 12.5. The molecule has 1 aliphatic heterocycles. The van der Waals surface area contributed by atoms with Crippen LogP contribution in [0.25, 0.3) is 0 Å².